The molecule has 0 aromatic heterocycles. The number of ether oxygens (including phenoxy) is 5. The van der Waals surface area contributed by atoms with Crippen LogP contribution in [0.25, 0.3) is 0 Å². The Balaban J connectivity index is 0.958. The van der Waals surface area contributed by atoms with E-state index in [2.05, 4.69) is 35.1 Å². The van der Waals surface area contributed by atoms with Crippen LogP contribution in [0.4, 0.5) is 0 Å². The Morgan fingerprint density at radius 1 is 0.723 bits per heavy atom. The highest BCUT2D eigenvalue weighted by Gasteiger charge is 2.20. The molecule has 0 saturated heterocycles. The lowest BCUT2D eigenvalue weighted by Gasteiger charge is -2.18. The van der Waals surface area contributed by atoms with E-state index in [1.165, 1.54) is 11.1 Å². The molecule has 0 bridgehead atoms. The van der Waals surface area contributed by atoms with Gasteiger partial charge in [0.15, 0.2) is 0 Å². The lowest BCUT2D eigenvalue weighted by atomic mass is 10.1. The van der Waals surface area contributed by atoms with Gasteiger partial charge in [-0.25, -0.2) is 4.79 Å². The molecule has 4 aromatic rings. The molecule has 0 fully saturated rings. The first-order chi connectivity index (χ1) is 23.0. The molecule has 0 saturated carbocycles. The van der Waals surface area contributed by atoms with Gasteiger partial charge in [-0.1, -0.05) is 42.5 Å². The molecule has 0 aliphatic carbocycles. The molecule has 4 aromatic carbocycles. The lowest BCUT2D eigenvalue weighted by molar-refractivity contribution is -0.686. The molecule has 10 nitrogen and oxygen atoms in total. The summed E-state index contributed by atoms with van der Waals surface area (Å²) in [6, 6.07) is 31.1. The summed E-state index contributed by atoms with van der Waals surface area (Å²) in [6.07, 6.45) is 1.98. The molecular formula is C37H42N4O6+. The summed E-state index contributed by atoms with van der Waals surface area (Å²) in [5.41, 5.74) is 10.5. The highest BCUT2D eigenvalue weighted by atomic mass is 16.5. The van der Waals surface area contributed by atoms with Crippen molar-refractivity contribution in [1.82, 2.24) is 15.6 Å². The van der Waals surface area contributed by atoms with Crippen LogP contribution in [0.5, 0.6) is 17.2 Å². The number of carbonyl (C=O) groups is 1. The van der Waals surface area contributed by atoms with Crippen LogP contribution in [0, 0.1) is 0 Å². The Kier molecular flexibility index (Phi) is 12.1. The Hall–Kier alpha value is -5.03. The number of carbonyl (C=O) groups excluding carboxylic acids is 1. The number of methoxy groups -OCH3 is 2. The summed E-state index contributed by atoms with van der Waals surface area (Å²) < 4.78 is 27.9. The quantitative estimate of drug-likeness (QED) is 0.134. The molecule has 2 N–H and O–H groups in total. The van der Waals surface area contributed by atoms with Crippen LogP contribution in [0.3, 0.4) is 0 Å². The molecule has 1 heterocycles. The molecular weight excluding hydrogens is 596 g/mol. The van der Waals surface area contributed by atoms with Crippen LogP contribution < -0.4 is 25.1 Å². The number of hydrogen-bond donors (Lipinski definition) is 1. The van der Waals surface area contributed by atoms with Crippen molar-refractivity contribution in [2.75, 3.05) is 41.1 Å². The molecule has 0 spiro atoms. The van der Waals surface area contributed by atoms with Gasteiger partial charge in [-0.05, 0) is 65.2 Å². The summed E-state index contributed by atoms with van der Waals surface area (Å²) in [4.78, 5) is 12.1. The summed E-state index contributed by atoms with van der Waals surface area (Å²) in [7, 11) is 5.19. The molecule has 1 aliphatic heterocycles. The lowest BCUT2D eigenvalue weighted by Crippen LogP contribution is -2.80. The minimum absolute atomic E-state index is 0.255. The van der Waals surface area contributed by atoms with E-state index in [1.807, 2.05) is 83.9 Å². The second kappa shape index (κ2) is 17.0. The van der Waals surface area contributed by atoms with Gasteiger partial charge in [0, 0.05) is 30.4 Å². The van der Waals surface area contributed by atoms with Gasteiger partial charge >= 0.3 is 5.97 Å². The Morgan fingerprint density at radius 2 is 1.36 bits per heavy atom. The van der Waals surface area contributed by atoms with Crippen molar-refractivity contribution in [1.29, 1.82) is 0 Å². The van der Waals surface area contributed by atoms with Crippen molar-refractivity contribution in [2.24, 2.45) is 0 Å². The van der Waals surface area contributed by atoms with Crippen molar-refractivity contribution in [3.63, 3.8) is 0 Å². The first kappa shape index (κ1) is 33.3. The smallest absolute Gasteiger partial charge is 0.338 e. The minimum atomic E-state index is -0.314. The minimum Gasteiger partial charge on any atom is -0.497 e. The van der Waals surface area contributed by atoms with E-state index in [-0.39, 0.29) is 12.6 Å². The van der Waals surface area contributed by atoms with E-state index in [0.717, 1.165) is 47.2 Å². The molecule has 1 radical (unpaired) electrons. The van der Waals surface area contributed by atoms with Crippen LogP contribution in [-0.2, 0) is 35.7 Å². The third-order valence-electron chi connectivity index (χ3n) is 7.55. The molecule has 5 rings (SSSR count). The second-order valence-corrected chi connectivity index (χ2v) is 11.1. The summed E-state index contributed by atoms with van der Waals surface area (Å²) in [5.74, 6) is 1.99. The largest absolute Gasteiger partial charge is 0.497 e. The predicted molar refractivity (Wildman–Crippen MR) is 177 cm³/mol. The van der Waals surface area contributed by atoms with Crippen LogP contribution >= 0.6 is 0 Å². The van der Waals surface area contributed by atoms with E-state index in [0.29, 0.717) is 31.9 Å². The predicted octanol–water partition coefficient (Wildman–Crippen LogP) is 4.44. The van der Waals surface area contributed by atoms with Crippen molar-refractivity contribution >= 4 is 5.97 Å². The van der Waals surface area contributed by atoms with Crippen molar-refractivity contribution < 1.29 is 33.8 Å². The Bertz CT molecular complexity index is 1570. The Morgan fingerprint density at radius 3 is 2.02 bits per heavy atom. The molecule has 10 heteroatoms. The number of nitrogens with zero attached hydrogens (tertiary/aromatic N) is 3. The molecule has 0 amide bonds. The van der Waals surface area contributed by atoms with Gasteiger partial charge < -0.3 is 29.0 Å². The second-order valence-electron chi connectivity index (χ2n) is 11.1. The zero-order chi connectivity index (χ0) is 32.8. The third-order valence-corrected chi connectivity index (χ3v) is 7.55. The van der Waals surface area contributed by atoms with E-state index >= 15 is 0 Å². The van der Waals surface area contributed by atoms with Crippen molar-refractivity contribution in [3.05, 3.63) is 137 Å². The van der Waals surface area contributed by atoms with E-state index < -0.39 is 0 Å². The van der Waals surface area contributed by atoms with Crippen molar-refractivity contribution in [2.45, 2.75) is 26.2 Å². The Labute approximate surface area is 276 Å². The topological polar surface area (TPSA) is 100 Å². The molecule has 0 unspecified atom stereocenters. The van der Waals surface area contributed by atoms with Gasteiger partial charge in [-0.2, -0.15) is 0 Å². The van der Waals surface area contributed by atoms with Gasteiger partial charge in [0.1, 0.15) is 43.6 Å². The maximum atomic E-state index is 12.1. The standard InChI is InChI=1S/C37H41N4O6/c1-40-33(25-41(39-40)24-31-19-35(43-2)21-36(20-31)44-3)27-45-17-18-46-34-15-13-29(14-16-34)23-38-22-28-9-11-30(12-10-28)26-47-37(42)32-7-5-4-6-8-32/h4-16,19-21,25,38H,17-18,22-24,26-27H2,1-3H3/p+1. The van der Waals surface area contributed by atoms with Gasteiger partial charge in [0.25, 0.3) is 0 Å². The van der Waals surface area contributed by atoms with Gasteiger partial charge in [-0.3, -0.25) is 10.0 Å². The maximum Gasteiger partial charge on any atom is 0.338 e. The fraction of sp³-hybridized carbons (Fsp3) is 0.270. The summed E-state index contributed by atoms with van der Waals surface area (Å²) >= 11 is 0. The summed E-state index contributed by atoms with van der Waals surface area (Å²) in [5, 5.41) is 5.94. The van der Waals surface area contributed by atoms with Gasteiger partial charge in [0.05, 0.1) is 45.2 Å². The highest BCUT2D eigenvalue weighted by Crippen LogP contribution is 2.24. The monoisotopic (exact) mass is 638 g/mol. The third kappa shape index (κ3) is 10.2. The maximum absolute atomic E-state index is 12.1. The van der Waals surface area contributed by atoms with E-state index in [1.54, 1.807) is 26.4 Å². The zero-order valence-corrected chi connectivity index (χ0v) is 27.1. The normalized spacial score (nSPS) is 12.5. The number of quaternary nitrogens is 1. The SMILES string of the molecule is COc1cc(CN2C=C(COCCOc3ccc(C[NH2+]Cc4ccc(COC(=O)c5ccccc5)cc4)cc3)N(C)[N]2)cc(OC)c1. The number of nitrogens with two attached hydrogens (primary N) is 1. The summed E-state index contributed by atoms with van der Waals surface area (Å²) in [6.45, 7) is 3.89. The van der Waals surface area contributed by atoms with Crippen LogP contribution in [-0.4, -0.2) is 57.1 Å². The number of likely N-dealkylation sites (N-methyl/N-ethyl adjacent to an activating group) is 1. The molecule has 1 aliphatic rings. The van der Waals surface area contributed by atoms with Gasteiger partial charge in [0.2, 0.25) is 0 Å². The number of rotatable bonds is 17. The average Bonchev–Trinajstić information content (AvgIpc) is 3.46. The van der Waals surface area contributed by atoms with Crippen LogP contribution in [0.2, 0.25) is 0 Å². The van der Waals surface area contributed by atoms with Crippen LogP contribution in [0.15, 0.2) is 109 Å². The average molecular weight is 639 g/mol. The number of hydrogen-bond acceptors (Lipinski definition) is 8. The molecule has 47 heavy (non-hydrogen) atoms. The van der Waals surface area contributed by atoms with Gasteiger partial charge in [-0.15, -0.1) is 0 Å². The first-order valence-electron chi connectivity index (χ1n) is 15.5. The van der Waals surface area contributed by atoms with E-state index in [9.17, 15) is 4.79 Å². The fourth-order valence-electron chi connectivity index (χ4n) is 4.96. The number of esters is 1. The van der Waals surface area contributed by atoms with E-state index in [4.69, 9.17) is 23.7 Å². The molecule has 245 valence electrons. The first-order valence-corrected chi connectivity index (χ1v) is 15.5. The number of benzene rings is 4. The molecule has 0 atom stereocenters. The van der Waals surface area contributed by atoms with Crippen molar-refractivity contribution in [3.8, 4) is 17.2 Å². The van der Waals surface area contributed by atoms with Crippen LogP contribution in [0.1, 0.15) is 32.6 Å². The zero-order valence-electron chi connectivity index (χ0n) is 27.1. The fourth-order valence-corrected chi connectivity index (χ4v) is 4.96. The highest BCUT2D eigenvalue weighted by molar-refractivity contribution is 5.89.